The fourth-order valence-corrected chi connectivity index (χ4v) is 1.92. The van der Waals surface area contributed by atoms with E-state index in [1.54, 1.807) is 19.2 Å². The van der Waals surface area contributed by atoms with E-state index >= 15 is 0 Å². The molecule has 0 aliphatic rings. The Balaban J connectivity index is 3.10. The molecule has 0 saturated heterocycles. The summed E-state index contributed by atoms with van der Waals surface area (Å²) >= 11 is 0. The molecule has 1 aromatic carbocycles. The first-order valence-corrected chi connectivity index (χ1v) is 5.58. The number of benzene rings is 1. The van der Waals surface area contributed by atoms with Gasteiger partial charge in [-0.2, -0.15) is 0 Å². The van der Waals surface area contributed by atoms with Gasteiger partial charge in [0, 0.05) is 18.0 Å². The number of nitrogens with one attached hydrogen (secondary N) is 1. The van der Waals surface area contributed by atoms with Crippen molar-refractivity contribution in [2.45, 2.75) is 19.8 Å². The SMILES string of the molecule is CNCC(c1cc(F)ccc1OC)C(C)C. The van der Waals surface area contributed by atoms with Crippen molar-refractivity contribution in [2.24, 2.45) is 5.92 Å². The Morgan fingerprint density at radius 1 is 1.38 bits per heavy atom. The van der Waals surface area contributed by atoms with E-state index in [1.807, 2.05) is 7.05 Å². The van der Waals surface area contributed by atoms with E-state index in [2.05, 4.69) is 19.2 Å². The molecule has 0 saturated carbocycles. The van der Waals surface area contributed by atoms with Crippen molar-refractivity contribution in [1.82, 2.24) is 5.32 Å². The summed E-state index contributed by atoms with van der Waals surface area (Å²) in [5.74, 6) is 1.24. The zero-order valence-corrected chi connectivity index (χ0v) is 10.4. The van der Waals surface area contributed by atoms with Crippen LogP contribution in [0.5, 0.6) is 5.75 Å². The van der Waals surface area contributed by atoms with Crippen molar-refractivity contribution in [3.8, 4) is 5.75 Å². The molecular formula is C13H20FNO. The number of ether oxygens (including phenoxy) is 1. The van der Waals surface area contributed by atoms with Gasteiger partial charge in [0.15, 0.2) is 0 Å². The molecule has 1 unspecified atom stereocenters. The third kappa shape index (κ3) is 2.95. The third-order valence-electron chi connectivity index (χ3n) is 2.82. The van der Waals surface area contributed by atoms with Gasteiger partial charge < -0.3 is 10.1 Å². The average Bonchev–Trinajstić information content (AvgIpc) is 2.25. The molecule has 1 aromatic rings. The fraction of sp³-hybridized carbons (Fsp3) is 0.538. The number of rotatable bonds is 5. The highest BCUT2D eigenvalue weighted by molar-refractivity contribution is 5.37. The first-order valence-electron chi connectivity index (χ1n) is 5.58. The molecule has 0 radical (unpaired) electrons. The molecule has 1 N–H and O–H groups in total. The van der Waals surface area contributed by atoms with E-state index in [0.717, 1.165) is 17.9 Å². The standard InChI is InChI=1S/C13H20FNO/c1-9(2)12(8-15-3)11-7-10(14)5-6-13(11)16-4/h5-7,9,12,15H,8H2,1-4H3. The molecule has 90 valence electrons. The predicted octanol–water partition coefficient (Wildman–Crippen LogP) is 2.79. The van der Waals surface area contributed by atoms with Gasteiger partial charge in [-0.15, -0.1) is 0 Å². The first-order chi connectivity index (χ1) is 7.60. The monoisotopic (exact) mass is 225 g/mol. The lowest BCUT2D eigenvalue weighted by atomic mass is 9.87. The Morgan fingerprint density at radius 2 is 2.06 bits per heavy atom. The van der Waals surface area contributed by atoms with Gasteiger partial charge in [0.05, 0.1) is 7.11 Å². The van der Waals surface area contributed by atoms with Crippen LogP contribution in [0.3, 0.4) is 0 Å². The molecule has 1 atom stereocenters. The summed E-state index contributed by atoms with van der Waals surface area (Å²) in [7, 11) is 3.52. The van der Waals surface area contributed by atoms with Gasteiger partial charge in [-0.3, -0.25) is 0 Å². The quantitative estimate of drug-likeness (QED) is 0.832. The summed E-state index contributed by atoms with van der Waals surface area (Å²) in [6, 6.07) is 4.69. The molecule has 0 aliphatic carbocycles. The molecule has 16 heavy (non-hydrogen) atoms. The van der Waals surface area contributed by atoms with Gasteiger partial charge in [-0.25, -0.2) is 4.39 Å². The van der Waals surface area contributed by atoms with Crippen LogP contribution in [-0.2, 0) is 0 Å². The maximum absolute atomic E-state index is 13.3. The molecular weight excluding hydrogens is 205 g/mol. The number of halogens is 1. The molecule has 3 heteroatoms. The second-order valence-electron chi connectivity index (χ2n) is 4.29. The third-order valence-corrected chi connectivity index (χ3v) is 2.82. The van der Waals surface area contributed by atoms with Crippen LogP contribution in [0.4, 0.5) is 4.39 Å². The topological polar surface area (TPSA) is 21.3 Å². The summed E-state index contributed by atoms with van der Waals surface area (Å²) in [6.45, 7) is 5.08. The molecule has 0 aromatic heterocycles. The maximum Gasteiger partial charge on any atom is 0.123 e. The normalized spacial score (nSPS) is 12.9. The van der Waals surface area contributed by atoms with Crippen molar-refractivity contribution in [2.75, 3.05) is 20.7 Å². The van der Waals surface area contributed by atoms with Crippen LogP contribution in [0, 0.1) is 11.7 Å². The summed E-state index contributed by atoms with van der Waals surface area (Å²) in [4.78, 5) is 0. The van der Waals surface area contributed by atoms with Crippen molar-refractivity contribution < 1.29 is 9.13 Å². The van der Waals surface area contributed by atoms with Crippen LogP contribution in [0.2, 0.25) is 0 Å². The van der Waals surface area contributed by atoms with Crippen LogP contribution >= 0.6 is 0 Å². The van der Waals surface area contributed by atoms with E-state index in [9.17, 15) is 4.39 Å². The molecule has 0 heterocycles. The summed E-state index contributed by atoms with van der Waals surface area (Å²) in [5.41, 5.74) is 0.937. The summed E-state index contributed by atoms with van der Waals surface area (Å²) < 4.78 is 18.6. The van der Waals surface area contributed by atoms with Crippen molar-refractivity contribution in [3.63, 3.8) is 0 Å². The van der Waals surface area contributed by atoms with Crippen molar-refractivity contribution in [3.05, 3.63) is 29.6 Å². The van der Waals surface area contributed by atoms with Gasteiger partial charge in [0.1, 0.15) is 11.6 Å². The zero-order chi connectivity index (χ0) is 12.1. The Hall–Kier alpha value is -1.09. The van der Waals surface area contributed by atoms with E-state index < -0.39 is 0 Å². The Morgan fingerprint density at radius 3 is 2.56 bits per heavy atom. The van der Waals surface area contributed by atoms with Crippen LogP contribution < -0.4 is 10.1 Å². The number of hydrogen-bond acceptors (Lipinski definition) is 2. The highest BCUT2D eigenvalue weighted by Crippen LogP contribution is 2.32. The summed E-state index contributed by atoms with van der Waals surface area (Å²) in [5, 5.41) is 3.14. The molecule has 0 spiro atoms. The minimum absolute atomic E-state index is 0.211. The van der Waals surface area contributed by atoms with Gasteiger partial charge in [0.25, 0.3) is 0 Å². The Kier molecular flexibility index (Phi) is 4.74. The lowest BCUT2D eigenvalue weighted by Crippen LogP contribution is -2.22. The zero-order valence-electron chi connectivity index (χ0n) is 10.4. The van der Waals surface area contributed by atoms with E-state index in [4.69, 9.17) is 4.74 Å². The van der Waals surface area contributed by atoms with Gasteiger partial charge in [-0.05, 0) is 31.2 Å². The molecule has 0 fully saturated rings. The van der Waals surface area contributed by atoms with E-state index in [1.165, 1.54) is 6.07 Å². The van der Waals surface area contributed by atoms with Gasteiger partial charge >= 0.3 is 0 Å². The molecule has 0 aliphatic heterocycles. The highest BCUT2D eigenvalue weighted by atomic mass is 19.1. The van der Waals surface area contributed by atoms with Crippen LogP contribution in [-0.4, -0.2) is 20.7 Å². The number of hydrogen-bond donors (Lipinski definition) is 1. The molecule has 0 amide bonds. The van der Waals surface area contributed by atoms with Gasteiger partial charge in [0.2, 0.25) is 0 Å². The molecule has 2 nitrogen and oxygen atoms in total. The Labute approximate surface area is 96.8 Å². The minimum Gasteiger partial charge on any atom is -0.496 e. The van der Waals surface area contributed by atoms with Crippen LogP contribution in [0.25, 0.3) is 0 Å². The average molecular weight is 225 g/mol. The van der Waals surface area contributed by atoms with Gasteiger partial charge in [-0.1, -0.05) is 13.8 Å². The predicted molar refractivity (Wildman–Crippen MR) is 64.5 cm³/mol. The van der Waals surface area contributed by atoms with Crippen molar-refractivity contribution >= 4 is 0 Å². The first kappa shape index (κ1) is 13.0. The minimum atomic E-state index is -0.211. The van der Waals surface area contributed by atoms with E-state index in [0.29, 0.717) is 5.92 Å². The molecule has 0 bridgehead atoms. The second-order valence-corrected chi connectivity index (χ2v) is 4.29. The Bertz CT molecular complexity index is 339. The smallest absolute Gasteiger partial charge is 0.123 e. The van der Waals surface area contributed by atoms with E-state index in [-0.39, 0.29) is 11.7 Å². The highest BCUT2D eigenvalue weighted by Gasteiger charge is 2.19. The lowest BCUT2D eigenvalue weighted by molar-refractivity contribution is 0.390. The maximum atomic E-state index is 13.3. The lowest BCUT2D eigenvalue weighted by Gasteiger charge is -2.23. The largest absolute Gasteiger partial charge is 0.496 e. The molecule has 1 rings (SSSR count). The van der Waals surface area contributed by atoms with Crippen molar-refractivity contribution in [1.29, 1.82) is 0 Å². The second kappa shape index (κ2) is 5.85. The van der Waals surface area contributed by atoms with Crippen LogP contribution in [0.1, 0.15) is 25.3 Å². The number of methoxy groups -OCH3 is 1. The number of likely N-dealkylation sites (N-methyl/N-ethyl adjacent to an activating group) is 1. The van der Waals surface area contributed by atoms with Crippen LogP contribution in [0.15, 0.2) is 18.2 Å². The summed E-state index contributed by atoms with van der Waals surface area (Å²) in [6.07, 6.45) is 0. The fourth-order valence-electron chi connectivity index (χ4n) is 1.92.